The summed E-state index contributed by atoms with van der Waals surface area (Å²) in [5, 5.41) is 7.97. The summed E-state index contributed by atoms with van der Waals surface area (Å²) in [6.07, 6.45) is 5.98. The third kappa shape index (κ3) is 5.29. The number of rotatable bonds is 5. The molecule has 2 aliphatic rings. The lowest BCUT2D eigenvalue weighted by atomic mass is 9.88. The van der Waals surface area contributed by atoms with Crippen LogP contribution in [-0.2, 0) is 25.5 Å². The molecule has 0 bridgehead atoms. The van der Waals surface area contributed by atoms with Crippen LogP contribution in [0.3, 0.4) is 0 Å². The Morgan fingerprint density at radius 3 is 2.81 bits per heavy atom. The highest BCUT2D eigenvalue weighted by atomic mass is 16.5. The normalized spacial score (nSPS) is 21.7. The molecule has 0 saturated heterocycles. The van der Waals surface area contributed by atoms with Crippen molar-refractivity contribution in [3.05, 3.63) is 23.8 Å². The van der Waals surface area contributed by atoms with Gasteiger partial charge in [-0.1, -0.05) is 19.8 Å². The van der Waals surface area contributed by atoms with Gasteiger partial charge in [-0.15, -0.1) is 0 Å². The van der Waals surface area contributed by atoms with E-state index in [4.69, 9.17) is 4.74 Å². The molecule has 0 aromatic heterocycles. The van der Waals surface area contributed by atoms with Crippen LogP contribution in [-0.4, -0.2) is 37.0 Å². The van der Waals surface area contributed by atoms with E-state index in [0.29, 0.717) is 37.6 Å². The third-order valence-corrected chi connectivity index (χ3v) is 5.22. The third-order valence-electron chi connectivity index (χ3n) is 5.22. The minimum absolute atomic E-state index is 0.0106. The molecule has 7 nitrogen and oxygen atoms in total. The number of carbonyl (C=O) groups is 3. The largest absolute Gasteiger partial charge is 0.376 e. The number of carbonyl (C=O) groups excluding carboxylic acids is 3. The molecule has 1 aliphatic carbocycles. The summed E-state index contributed by atoms with van der Waals surface area (Å²) in [5.74, 6) is -0.850. The van der Waals surface area contributed by atoms with Gasteiger partial charge in [-0.3, -0.25) is 14.4 Å². The van der Waals surface area contributed by atoms with Crippen LogP contribution in [0.1, 0.15) is 44.6 Å². The van der Waals surface area contributed by atoms with Gasteiger partial charge in [0.05, 0.1) is 12.7 Å². The quantitative estimate of drug-likeness (QED) is 0.545. The summed E-state index contributed by atoms with van der Waals surface area (Å²) < 4.78 is 5.83. The van der Waals surface area contributed by atoms with Crippen LogP contribution in [0.4, 0.5) is 11.4 Å². The first kappa shape index (κ1) is 19.4. The zero-order valence-corrected chi connectivity index (χ0v) is 15.7. The van der Waals surface area contributed by atoms with E-state index < -0.39 is 11.8 Å². The van der Waals surface area contributed by atoms with Crippen molar-refractivity contribution in [3.8, 4) is 0 Å². The van der Waals surface area contributed by atoms with Gasteiger partial charge in [0, 0.05) is 24.3 Å². The summed E-state index contributed by atoms with van der Waals surface area (Å²) in [6.45, 7) is 2.91. The number of aryl methyl sites for hydroxylation is 1. The first-order valence-electron chi connectivity index (χ1n) is 9.66. The molecule has 1 aliphatic heterocycles. The minimum Gasteiger partial charge on any atom is -0.376 e. The summed E-state index contributed by atoms with van der Waals surface area (Å²) >= 11 is 0. The number of amides is 3. The van der Waals surface area contributed by atoms with E-state index >= 15 is 0 Å². The van der Waals surface area contributed by atoms with Gasteiger partial charge >= 0.3 is 11.8 Å². The van der Waals surface area contributed by atoms with Crippen LogP contribution >= 0.6 is 0 Å². The van der Waals surface area contributed by atoms with Crippen molar-refractivity contribution < 1.29 is 19.1 Å². The highest BCUT2D eigenvalue weighted by Crippen LogP contribution is 2.26. The molecule has 1 saturated carbocycles. The second-order valence-electron chi connectivity index (χ2n) is 7.30. The summed E-state index contributed by atoms with van der Waals surface area (Å²) in [4.78, 5) is 35.4. The molecular formula is C20H27N3O4. The van der Waals surface area contributed by atoms with E-state index in [0.717, 1.165) is 17.7 Å². The highest BCUT2D eigenvalue weighted by molar-refractivity contribution is 6.39. The Bertz CT molecular complexity index is 719. The maximum absolute atomic E-state index is 12.0. The highest BCUT2D eigenvalue weighted by Gasteiger charge is 2.22. The van der Waals surface area contributed by atoms with Gasteiger partial charge in [0.25, 0.3) is 0 Å². The molecule has 0 radical (unpaired) electrons. The smallest absolute Gasteiger partial charge is 0.313 e. The maximum atomic E-state index is 12.0. The lowest BCUT2D eigenvalue weighted by Gasteiger charge is -2.28. The molecule has 7 heteroatoms. The van der Waals surface area contributed by atoms with Crippen molar-refractivity contribution in [2.75, 3.05) is 23.8 Å². The van der Waals surface area contributed by atoms with Crippen molar-refractivity contribution in [2.24, 2.45) is 5.92 Å². The molecule has 3 amide bonds. The Morgan fingerprint density at radius 2 is 2.00 bits per heavy atom. The van der Waals surface area contributed by atoms with E-state index in [-0.39, 0.29) is 12.0 Å². The fraction of sp³-hybridized carbons (Fsp3) is 0.550. The summed E-state index contributed by atoms with van der Waals surface area (Å²) in [5.41, 5.74) is 2.24. The topological polar surface area (TPSA) is 96.5 Å². The number of hydrogen-bond donors (Lipinski definition) is 3. The molecule has 2 atom stereocenters. The standard InChI is InChI=1S/C20H27N3O4/c1-13-4-2-3-5-17(13)27-11-10-21-19(25)20(26)22-15-7-8-16-14(12-15)6-9-18(24)23-16/h7-8,12-13,17H,2-6,9-11H2,1H3,(H,21,25)(H,22,26)(H,23,24)/t13-,17-/m0/s1. The maximum Gasteiger partial charge on any atom is 0.313 e. The molecule has 0 unspecified atom stereocenters. The van der Waals surface area contributed by atoms with Crippen LogP contribution < -0.4 is 16.0 Å². The van der Waals surface area contributed by atoms with Gasteiger partial charge in [-0.2, -0.15) is 0 Å². The van der Waals surface area contributed by atoms with Crippen molar-refractivity contribution in [3.63, 3.8) is 0 Å². The van der Waals surface area contributed by atoms with Crippen molar-refractivity contribution in [1.29, 1.82) is 0 Å². The van der Waals surface area contributed by atoms with Gasteiger partial charge in [0.15, 0.2) is 0 Å². The Labute approximate surface area is 159 Å². The number of fused-ring (bicyclic) bond motifs is 1. The molecule has 1 heterocycles. The molecule has 1 aromatic rings. The monoisotopic (exact) mass is 373 g/mol. The SMILES string of the molecule is C[C@H]1CCCC[C@@H]1OCCNC(=O)C(=O)Nc1ccc2c(c1)CCC(=O)N2. The van der Waals surface area contributed by atoms with Crippen LogP contribution in [0.2, 0.25) is 0 Å². The number of benzene rings is 1. The average molecular weight is 373 g/mol. The Morgan fingerprint density at radius 1 is 1.19 bits per heavy atom. The van der Waals surface area contributed by atoms with Gasteiger partial charge in [-0.25, -0.2) is 0 Å². The molecule has 3 N–H and O–H groups in total. The Balaban J connectivity index is 1.41. The predicted octanol–water partition coefficient (Wildman–Crippen LogP) is 2.22. The molecular weight excluding hydrogens is 346 g/mol. The van der Waals surface area contributed by atoms with Crippen LogP contribution in [0, 0.1) is 5.92 Å². The molecule has 1 fully saturated rings. The lowest BCUT2D eigenvalue weighted by molar-refractivity contribution is -0.136. The molecule has 27 heavy (non-hydrogen) atoms. The number of nitrogens with one attached hydrogen (secondary N) is 3. The van der Waals surface area contributed by atoms with E-state index in [1.165, 1.54) is 19.3 Å². The van der Waals surface area contributed by atoms with E-state index in [1.807, 2.05) is 0 Å². The predicted molar refractivity (Wildman–Crippen MR) is 102 cm³/mol. The van der Waals surface area contributed by atoms with Crippen LogP contribution in [0.25, 0.3) is 0 Å². The average Bonchev–Trinajstić information content (AvgIpc) is 2.66. The Kier molecular flexibility index (Phi) is 6.45. The first-order valence-corrected chi connectivity index (χ1v) is 9.66. The van der Waals surface area contributed by atoms with E-state index in [1.54, 1.807) is 18.2 Å². The van der Waals surface area contributed by atoms with Gasteiger partial charge in [0.1, 0.15) is 0 Å². The zero-order chi connectivity index (χ0) is 19.2. The minimum atomic E-state index is -0.708. The van der Waals surface area contributed by atoms with Crippen molar-refractivity contribution in [2.45, 2.75) is 51.6 Å². The molecule has 0 spiro atoms. The van der Waals surface area contributed by atoms with Gasteiger partial charge in [-0.05, 0) is 48.9 Å². The zero-order valence-electron chi connectivity index (χ0n) is 15.7. The second kappa shape index (κ2) is 8.99. The van der Waals surface area contributed by atoms with Crippen LogP contribution in [0.5, 0.6) is 0 Å². The molecule has 1 aromatic carbocycles. The number of ether oxygens (including phenoxy) is 1. The van der Waals surface area contributed by atoms with Gasteiger partial charge < -0.3 is 20.7 Å². The first-order chi connectivity index (χ1) is 13.0. The fourth-order valence-corrected chi connectivity index (χ4v) is 3.63. The number of anilines is 2. The van der Waals surface area contributed by atoms with E-state index in [9.17, 15) is 14.4 Å². The van der Waals surface area contributed by atoms with Crippen LogP contribution in [0.15, 0.2) is 18.2 Å². The summed E-state index contributed by atoms with van der Waals surface area (Å²) in [6, 6.07) is 5.19. The Hall–Kier alpha value is -2.41. The van der Waals surface area contributed by atoms with Gasteiger partial charge in [0.2, 0.25) is 5.91 Å². The summed E-state index contributed by atoms with van der Waals surface area (Å²) in [7, 11) is 0. The number of hydrogen-bond acceptors (Lipinski definition) is 4. The van der Waals surface area contributed by atoms with E-state index in [2.05, 4.69) is 22.9 Å². The van der Waals surface area contributed by atoms with Crippen molar-refractivity contribution in [1.82, 2.24) is 5.32 Å². The fourth-order valence-electron chi connectivity index (χ4n) is 3.63. The lowest BCUT2D eigenvalue weighted by Crippen LogP contribution is -2.38. The second-order valence-corrected chi connectivity index (χ2v) is 7.30. The molecule has 3 rings (SSSR count). The molecule has 146 valence electrons. The van der Waals surface area contributed by atoms with Crippen molar-refractivity contribution >= 4 is 29.1 Å².